The Bertz CT molecular complexity index is 1490. The van der Waals surface area contributed by atoms with Gasteiger partial charge in [-0.15, -0.1) is 0 Å². The number of unbranched alkanes of at least 4 members (excludes halogenated alkanes) is 3. The second-order valence-corrected chi connectivity index (χ2v) is 11.1. The van der Waals surface area contributed by atoms with Crippen LogP contribution in [0.2, 0.25) is 5.02 Å². The molecule has 3 heterocycles. The van der Waals surface area contributed by atoms with Gasteiger partial charge in [-0.25, -0.2) is 9.97 Å². The quantitative estimate of drug-likeness (QED) is 0.160. The maximum absolute atomic E-state index is 12.5. The second-order valence-electron chi connectivity index (χ2n) is 10.7. The average Bonchev–Trinajstić information content (AvgIpc) is 3.00. The molecule has 5 rings (SSSR count). The Morgan fingerprint density at radius 3 is 2.48 bits per heavy atom. The Hall–Kier alpha value is -3.85. The van der Waals surface area contributed by atoms with E-state index in [4.69, 9.17) is 16.6 Å². The van der Waals surface area contributed by atoms with Crippen LogP contribution in [-0.2, 0) is 4.79 Å². The van der Waals surface area contributed by atoms with Gasteiger partial charge in [-0.05, 0) is 49.6 Å². The Balaban J connectivity index is 1.15. The topological polar surface area (TPSA) is 95.1 Å². The summed E-state index contributed by atoms with van der Waals surface area (Å²) in [5, 5.41) is 10.0. The molecule has 1 fully saturated rings. The summed E-state index contributed by atoms with van der Waals surface area (Å²) in [4.78, 5) is 28.4. The van der Waals surface area contributed by atoms with Gasteiger partial charge in [0.05, 0.1) is 40.7 Å². The monoisotopic (exact) mass is 583 g/mol. The van der Waals surface area contributed by atoms with Crippen molar-refractivity contribution in [1.82, 2.24) is 25.2 Å². The summed E-state index contributed by atoms with van der Waals surface area (Å²) in [6, 6.07) is 18.4. The standard InChI is InChI=1S/C33H38ClN7O/c1-24-8-6-9-25(18-24)26-10-7-11-27(19-26)32-30(34)23-37-33(40-32)39-29-20-28(21-36-22-29)38-31(42)12-4-2-3-5-15-41-16-13-35-14-17-41/h6-11,18-23,35H,2-5,12-17H2,1H3,(H,38,42)(H,37,39,40). The van der Waals surface area contributed by atoms with Gasteiger partial charge in [0.15, 0.2) is 0 Å². The van der Waals surface area contributed by atoms with E-state index < -0.39 is 0 Å². The molecule has 0 atom stereocenters. The molecule has 0 radical (unpaired) electrons. The highest BCUT2D eigenvalue weighted by atomic mass is 35.5. The van der Waals surface area contributed by atoms with E-state index in [0.717, 1.165) is 68.7 Å². The summed E-state index contributed by atoms with van der Waals surface area (Å²) >= 11 is 6.53. The van der Waals surface area contributed by atoms with Gasteiger partial charge < -0.3 is 20.9 Å². The van der Waals surface area contributed by atoms with E-state index in [0.29, 0.717) is 34.5 Å². The van der Waals surface area contributed by atoms with Crippen LogP contribution >= 0.6 is 11.6 Å². The van der Waals surface area contributed by atoms with Crippen LogP contribution in [0.25, 0.3) is 22.4 Å². The molecule has 3 N–H and O–H groups in total. The van der Waals surface area contributed by atoms with E-state index in [1.165, 1.54) is 12.0 Å². The fraction of sp³-hybridized carbons (Fsp3) is 0.333. The highest BCUT2D eigenvalue weighted by molar-refractivity contribution is 6.32. The average molecular weight is 584 g/mol. The van der Waals surface area contributed by atoms with Crippen LogP contribution in [0.3, 0.4) is 0 Å². The smallest absolute Gasteiger partial charge is 0.227 e. The lowest BCUT2D eigenvalue weighted by Crippen LogP contribution is -2.43. The number of rotatable bonds is 12. The first kappa shape index (κ1) is 29.6. The zero-order chi connectivity index (χ0) is 29.1. The number of benzene rings is 2. The van der Waals surface area contributed by atoms with Crippen LogP contribution in [-0.4, -0.2) is 58.5 Å². The number of amides is 1. The number of hydrogen-bond donors (Lipinski definition) is 3. The summed E-state index contributed by atoms with van der Waals surface area (Å²) in [5.74, 6) is 0.385. The molecule has 2 aromatic carbocycles. The minimum Gasteiger partial charge on any atom is -0.325 e. The van der Waals surface area contributed by atoms with E-state index in [2.05, 4.69) is 74.1 Å². The highest BCUT2D eigenvalue weighted by Crippen LogP contribution is 2.31. The predicted octanol–water partition coefficient (Wildman–Crippen LogP) is 6.71. The van der Waals surface area contributed by atoms with Gasteiger partial charge in [-0.2, -0.15) is 0 Å². The van der Waals surface area contributed by atoms with Gasteiger partial charge in [0.25, 0.3) is 0 Å². The second kappa shape index (κ2) is 14.9. The largest absolute Gasteiger partial charge is 0.325 e. The molecule has 9 heteroatoms. The van der Waals surface area contributed by atoms with Crippen molar-refractivity contribution in [2.24, 2.45) is 0 Å². The summed E-state index contributed by atoms with van der Waals surface area (Å²) in [6.07, 6.45) is 9.68. The van der Waals surface area contributed by atoms with Crippen molar-refractivity contribution in [1.29, 1.82) is 0 Å². The molecule has 0 unspecified atom stereocenters. The minimum absolute atomic E-state index is 0.00502. The van der Waals surface area contributed by atoms with Gasteiger partial charge in [-0.3, -0.25) is 9.78 Å². The van der Waals surface area contributed by atoms with E-state index in [9.17, 15) is 4.79 Å². The third kappa shape index (κ3) is 8.58. The Morgan fingerprint density at radius 1 is 0.905 bits per heavy atom. The zero-order valence-corrected chi connectivity index (χ0v) is 24.8. The molecule has 4 aromatic rings. The fourth-order valence-electron chi connectivity index (χ4n) is 5.14. The number of hydrogen-bond acceptors (Lipinski definition) is 7. The van der Waals surface area contributed by atoms with Crippen molar-refractivity contribution >= 4 is 34.8 Å². The lowest BCUT2D eigenvalue weighted by Gasteiger charge is -2.26. The minimum atomic E-state index is -0.00502. The third-order valence-corrected chi connectivity index (χ3v) is 7.62. The number of piperazine rings is 1. The normalized spacial score (nSPS) is 13.6. The van der Waals surface area contributed by atoms with Crippen LogP contribution in [0.1, 0.15) is 37.7 Å². The van der Waals surface area contributed by atoms with Crippen molar-refractivity contribution in [3.8, 4) is 22.4 Å². The molecular weight excluding hydrogens is 546 g/mol. The first-order valence-corrected chi connectivity index (χ1v) is 15.1. The summed E-state index contributed by atoms with van der Waals surface area (Å²) in [6.45, 7) is 7.68. The number of aryl methyl sites for hydroxylation is 1. The molecule has 218 valence electrons. The summed E-state index contributed by atoms with van der Waals surface area (Å²) in [7, 11) is 0. The third-order valence-electron chi connectivity index (χ3n) is 7.35. The highest BCUT2D eigenvalue weighted by Gasteiger charge is 2.12. The molecule has 1 aliphatic rings. The van der Waals surface area contributed by atoms with Crippen LogP contribution < -0.4 is 16.0 Å². The van der Waals surface area contributed by atoms with E-state index in [-0.39, 0.29) is 5.91 Å². The van der Waals surface area contributed by atoms with Crippen molar-refractivity contribution in [3.05, 3.63) is 83.8 Å². The first-order valence-electron chi connectivity index (χ1n) is 14.7. The van der Waals surface area contributed by atoms with Gasteiger partial charge >= 0.3 is 0 Å². The van der Waals surface area contributed by atoms with Crippen molar-refractivity contribution < 1.29 is 4.79 Å². The van der Waals surface area contributed by atoms with Crippen LogP contribution in [0.4, 0.5) is 17.3 Å². The van der Waals surface area contributed by atoms with Crippen molar-refractivity contribution in [3.63, 3.8) is 0 Å². The molecule has 0 spiro atoms. The Kier molecular flexibility index (Phi) is 10.5. The molecule has 1 aliphatic heterocycles. The molecule has 1 saturated heterocycles. The molecule has 8 nitrogen and oxygen atoms in total. The lowest BCUT2D eigenvalue weighted by atomic mass is 10.0. The van der Waals surface area contributed by atoms with Crippen LogP contribution in [0, 0.1) is 6.92 Å². The van der Waals surface area contributed by atoms with Gasteiger partial charge in [0.2, 0.25) is 11.9 Å². The number of aromatic nitrogens is 3. The Morgan fingerprint density at radius 2 is 1.64 bits per heavy atom. The molecule has 0 saturated carbocycles. The maximum Gasteiger partial charge on any atom is 0.227 e. The number of carbonyl (C=O) groups excluding carboxylic acids is 1. The van der Waals surface area contributed by atoms with Crippen molar-refractivity contribution in [2.75, 3.05) is 43.4 Å². The molecular formula is C33H38ClN7O. The summed E-state index contributed by atoms with van der Waals surface area (Å²) in [5.41, 5.74) is 6.25. The van der Waals surface area contributed by atoms with Gasteiger partial charge in [-0.1, -0.05) is 72.5 Å². The zero-order valence-electron chi connectivity index (χ0n) is 24.1. The number of carbonyl (C=O) groups is 1. The van der Waals surface area contributed by atoms with Crippen molar-refractivity contribution in [2.45, 2.75) is 39.0 Å². The molecule has 42 heavy (non-hydrogen) atoms. The first-order chi connectivity index (χ1) is 20.5. The van der Waals surface area contributed by atoms with Crippen LogP contribution in [0.15, 0.2) is 73.2 Å². The van der Waals surface area contributed by atoms with Gasteiger partial charge in [0.1, 0.15) is 0 Å². The molecule has 2 aromatic heterocycles. The molecule has 0 aliphatic carbocycles. The lowest BCUT2D eigenvalue weighted by molar-refractivity contribution is -0.116. The number of nitrogens with zero attached hydrogens (tertiary/aromatic N) is 4. The SMILES string of the molecule is Cc1cccc(-c2cccc(-c3nc(Nc4cncc(NC(=O)CCCCCCN5CCNCC5)c4)ncc3Cl)c2)c1. The summed E-state index contributed by atoms with van der Waals surface area (Å²) < 4.78 is 0. The van der Waals surface area contributed by atoms with Gasteiger partial charge in [0, 0.05) is 38.2 Å². The number of nitrogens with one attached hydrogen (secondary N) is 3. The molecule has 0 bridgehead atoms. The maximum atomic E-state index is 12.5. The molecule has 1 amide bonds. The fourth-order valence-corrected chi connectivity index (χ4v) is 5.34. The number of anilines is 3. The van der Waals surface area contributed by atoms with Crippen LogP contribution in [0.5, 0.6) is 0 Å². The Labute approximate surface area is 253 Å². The number of halogens is 1. The predicted molar refractivity (Wildman–Crippen MR) is 171 cm³/mol. The van der Waals surface area contributed by atoms with E-state index in [1.807, 2.05) is 18.2 Å². The number of pyridine rings is 1. The van der Waals surface area contributed by atoms with E-state index >= 15 is 0 Å². The van der Waals surface area contributed by atoms with E-state index in [1.54, 1.807) is 18.6 Å².